The number of carbonyl (C=O) groups excluding carboxylic acids is 1. The molecule has 0 saturated carbocycles. The highest BCUT2D eigenvalue weighted by Gasteiger charge is 2.19. The predicted octanol–water partition coefficient (Wildman–Crippen LogP) is 5.53. The summed E-state index contributed by atoms with van der Waals surface area (Å²) < 4.78 is 16.0. The molecule has 6 nitrogen and oxygen atoms in total. The van der Waals surface area contributed by atoms with E-state index in [0.717, 1.165) is 31.2 Å². The third-order valence-corrected chi connectivity index (χ3v) is 4.37. The lowest BCUT2D eigenvalue weighted by Gasteiger charge is -2.17. The summed E-state index contributed by atoms with van der Waals surface area (Å²) in [4.78, 5) is 23.1. The van der Waals surface area contributed by atoms with Crippen molar-refractivity contribution in [3.8, 4) is 11.5 Å². The number of rotatable bonds is 14. The Bertz CT molecular complexity index is 625. The van der Waals surface area contributed by atoms with E-state index in [1.807, 2.05) is 6.07 Å². The van der Waals surface area contributed by atoms with Crippen LogP contribution in [0.3, 0.4) is 0 Å². The maximum absolute atomic E-state index is 12.2. The highest BCUT2D eigenvalue weighted by atomic mass is 16.7. The Morgan fingerprint density at radius 3 is 2.54 bits per heavy atom. The molecule has 0 aromatic heterocycles. The molecule has 1 N–H and O–H groups in total. The lowest BCUT2D eigenvalue weighted by molar-refractivity contribution is -0.137. The second kappa shape index (κ2) is 13.6. The number of ether oxygens (including phenoxy) is 3. The molecule has 0 fully saturated rings. The molecule has 156 valence electrons. The van der Waals surface area contributed by atoms with Gasteiger partial charge in [-0.05, 0) is 43.4 Å². The molecule has 0 spiro atoms. The van der Waals surface area contributed by atoms with E-state index in [-0.39, 0.29) is 18.6 Å². The second-order valence-corrected chi connectivity index (χ2v) is 6.71. The molecular weight excluding hydrogens is 360 g/mol. The fourth-order valence-electron chi connectivity index (χ4n) is 2.86. The summed E-state index contributed by atoms with van der Waals surface area (Å²) in [6, 6.07) is 5.25. The van der Waals surface area contributed by atoms with Crippen LogP contribution in [0.15, 0.2) is 30.9 Å². The van der Waals surface area contributed by atoms with E-state index in [0.29, 0.717) is 18.6 Å². The number of carbonyl (C=O) groups is 2. The number of carboxylic acid groups (broad SMARTS) is 1. The fourth-order valence-corrected chi connectivity index (χ4v) is 2.86. The Morgan fingerprint density at radius 1 is 1.14 bits per heavy atom. The topological polar surface area (TPSA) is 82.1 Å². The molecule has 1 aromatic carbocycles. The predicted molar refractivity (Wildman–Crippen MR) is 108 cm³/mol. The average molecular weight is 392 g/mol. The quantitative estimate of drug-likeness (QED) is 0.194. The number of benzene rings is 1. The summed E-state index contributed by atoms with van der Waals surface area (Å²) in [6.07, 6.45) is 7.35. The molecule has 0 bridgehead atoms. The zero-order chi connectivity index (χ0) is 20.8. The Labute approximate surface area is 167 Å². The van der Waals surface area contributed by atoms with Gasteiger partial charge >= 0.3 is 12.1 Å². The number of allylic oxidation sites excluding steroid dienone is 1. The van der Waals surface area contributed by atoms with E-state index >= 15 is 0 Å². The Morgan fingerprint density at radius 2 is 1.89 bits per heavy atom. The smallest absolute Gasteiger partial charge is 0.493 e. The molecule has 1 aromatic rings. The molecule has 6 heteroatoms. The van der Waals surface area contributed by atoms with Crippen molar-refractivity contribution in [1.82, 2.24) is 0 Å². The largest absolute Gasteiger partial charge is 0.514 e. The minimum Gasteiger partial charge on any atom is -0.493 e. The third kappa shape index (κ3) is 9.44. The molecule has 1 atom stereocenters. The van der Waals surface area contributed by atoms with Crippen molar-refractivity contribution in [2.75, 3.05) is 7.11 Å². The van der Waals surface area contributed by atoms with Crippen molar-refractivity contribution in [3.63, 3.8) is 0 Å². The number of methoxy groups -OCH3 is 1. The molecular formula is C22H32O6. The highest BCUT2D eigenvalue weighted by molar-refractivity contribution is 5.67. The van der Waals surface area contributed by atoms with Gasteiger partial charge in [-0.1, -0.05) is 44.7 Å². The van der Waals surface area contributed by atoms with Crippen molar-refractivity contribution in [3.05, 3.63) is 36.4 Å². The maximum Gasteiger partial charge on any atom is 0.514 e. The van der Waals surface area contributed by atoms with Gasteiger partial charge in [0.1, 0.15) is 6.10 Å². The normalized spacial score (nSPS) is 11.5. The van der Waals surface area contributed by atoms with Crippen LogP contribution in [0.25, 0.3) is 0 Å². The van der Waals surface area contributed by atoms with Gasteiger partial charge in [0.05, 0.1) is 7.11 Å². The second-order valence-electron chi connectivity index (χ2n) is 6.71. The van der Waals surface area contributed by atoms with E-state index in [9.17, 15) is 9.59 Å². The van der Waals surface area contributed by atoms with Gasteiger partial charge in [0.15, 0.2) is 11.5 Å². The summed E-state index contributed by atoms with van der Waals surface area (Å²) in [6.45, 7) is 5.84. The van der Waals surface area contributed by atoms with Crippen LogP contribution in [0.2, 0.25) is 0 Å². The molecule has 0 saturated heterocycles. The Hall–Kier alpha value is -2.50. The summed E-state index contributed by atoms with van der Waals surface area (Å²) in [7, 11) is 1.50. The number of hydrogen-bond donors (Lipinski definition) is 1. The SMILES string of the molecule is C=CCc1ccc(OC(=O)OC(CCCCCCC)CCC(=O)O)c(OC)c1. The molecule has 0 amide bonds. The number of aliphatic carboxylic acids is 1. The van der Waals surface area contributed by atoms with Gasteiger partial charge in [0.25, 0.3) is 0 Å². The van der Waals surface area contributed by atoms with Gasteiger partial charge in [-0.25, -0.2) is 4.79 Å². The van der Waals surface area contributed by atoms with Crippen LogP contribution in [0.5, 0.6) is 11.5 Å². The van der Waals surface area contributed by atoms with Crippen LogP contribution in [-0.4, -0.2) is 30.4 Å². The number of carboxylic acids is 1. The van der Waals surface area contributed by atoms with E-state index in [4.69, 9.17) is 19.3 Å². The van der Waals surface area contributed by atoms with E-state index < -0.39 is 18.2 Å². The number of unbranched alkanes of at least 4 members (excludes halogenated alkanes) is 4. The first-order chi connectivity index (χ1) is 13.5. The lowest BCUT2D eigenvalue weighted by atomic mass is 10.0. The third-order valence-electron chi connectivity index (χ3n) is 4.37. The van der Waals surface area contributed by atoms with Crippen LogP contribution in [0, 0.1) is 0 Å². The minimum absolute atomic E-state index is 0.0491. The van der Waals surface area contributed by atoms with Crippen molar-refractivity contribution in [1.29, 1.82) is 0 Å². The van der Waals surface area contributed by atoms with Crippen molar-refractivity contribution < 1.29 is 28.9 Å². The maximum atomic E-state index is 12.2. The molecule has 0 aliphatic rings. The van der Waals surface area contributed by atoms with Gasteiger partial charge in [-0.2, -0.15) is 0 Å². The molecule has 0 aliphatic carbocycles. The summed E-state index contributed by atoms with van der Waals surface area (Å²) in [5, 5.41) is 8.92. The molecule has 0 heterocycles. The van der Waals surface area contributed by atoms with Crippen molar-refractivity contribution in [2.24, 2.45) is 0 Å². The molecule has 0 radical (unpaired) electrons. The van der Waals surface area contributed by atoms with Crippen LogP contribution in [0.4, 0.5) is 4.79 Å². The Balaban J connectivity index is 2.64. The van der Waals surface area contributed by atoms with Gasteiger partial charge in [-0.15, -0.1) is 6.58 Å². The van der Waals surface area contributed by atoms with E-state index in [1.54, 1.807) is 18.2 Å². The van der Waals surface area contributed by atoms with Gasteiger partial charge < -0.3 is 19.3 Å². The van der Waals surface area contributed by atoms with Crippen LogP contribution < -0.4 is 9.47 Å². The van der Waals surface area contributed by atoms with Gasteiger partial charge in [-0.3, -0.25) is 4.79 Å². The summed E-state index contributed by atoms with van der Waals surface area (Å²) in [5.74, 6) is -0.217. The Kier molecular flexibility index (Phi) is 11.5. The summed E-state index contributed by atoms with van der Waals surface area (Å²) >= 11 is 0. The molecule has 0 aliphatic heterocycles. The first-order valence-corrected chi connectivity index (χ1v) is 9.88. The first kappa shape index (κ1) is 23.5. The lowest BCUT2D eigenvalue weighted by Crippen LogP contribution is -2.22. The van der Waals surface area contributed by atoms with Gasteiger partial charge in [0.2, 0.25) is 0 Å². The van der Waals surface area contributed by atoms with Crippen LogP contribution in [-0.2, 0) is 16.0 Å². The van der Waals surface area contributed by atoms with Crippen LogP contribution in [0.1, 0.15) is 63.9 Å². The van der Waals surface area contributed by atoms with E-state index in [2.05, 4.69) is 13.5 Å². The van der Waals surface area contributed by atoms with E-state index in [1.165, 1.54) is 13.5 Å². The zero-order valence-electron chi connectivity index (χ0n) is 16.9. The fraction of sp³-hybridized carbons (Fsp3) is 0.545. The molecule has 28 heavy (non-hydrogen) atoms. The molecule has 1 unspecified atom stereocenters. The minimum atomic E-state index is -0.910. The van der Waals surface area contributed by atoms with Crippen LogP contribution >= 0.6 is 0 Å². The first-order valence-electron chi connectivity index (χ1n) is 9.88. The molecule has 1 rings (SSSR count). The van der Waals surface area contributed by atoms with Crippen molar-refractivity contribution >= 4 is 12.1 Å². The van der Waals surface area contributed by atoms with Gasteiger partial charge in [0, 0.05) is 6.42 Å². The van der Waals surface area contributed by atoms with Crippen molar-refractivity contribution in [2.45, 2.75) is 70.8 Å². The summed E-state index contributed by atoms with van der Waals surface area (Å²) in [5.41, 5.74) is 0.985. The number of hydrogen-bond acceptors (Lipinski definition) is 5. The standard InChI is InChI=1S/C22H32O6/c1-4-6-7-8-9-11-18(13-15-21(23)24)27-22(25)28-19-14-12-17(10-5-2)16-20(19)26-3/h5,12,14,16,18H,2,4,6-11,13,15H2,1,3H3,(H,23,24). The average Bonchev–Trinajstić information content (AvgIpc) is 2.67. The zero-order valence-corrected chi connectivity index (χ0v) is 16.9. The highest BCUT2D eigenvalue weighted by Crippen LogP contribution is 2.29. The monoisotopic (exact) mass is 392 g/mol.